The summed E-state index contributed by atoms with van der Waals surface area (Å²) in [4.78, 5) is 59.4. The van der Waals surface area contributed by atoms with Gasteiger partial charge in [-0.05, 0) is 20.7 Å². The molecule has 0 rings (SSSR count). The molecule has 1 unspecified atom stereocenters. The van der Waals surface area contributed by atoms with Gasteiger partial charge >= 0.3 is 0 Å². The summed E-state index contributed by atoms with van der Waals surface area (Å²) in [6, 6.07) is 0. The Morgan fingerprint density at radius 3 is 1.95 bits per heavy atom. The van der Waals surface area contributed by atoms with E-state index in [2.05, 4.69) is 0 Å². The highest BCUT2D eigenvalue weighted by atomic mass is 16.4. The van der Waals surface area contributed by atoms with E-state index in [-0.39, 0.29) is 0 Å². The van der Waals surface area contributed by atoms with Crippen LogP contribution in [-0.2, 0) is 24.0 Å². The molecule has 22 heavy (non-hydrogen) atoms. The predicted molar refractivity (Wildman–Crippen MR) is 71.6 cm³/mol. The third-order valence-electron chi connectivity index (χ3n) is 3.14. The molecule has 0 aromatic carbocycles. The Kier molecular flexibility index (Phi) is 4.10. The molecule has 0 saturated carbocycles. The van der Waals surface area contributed by atoms with E-state index in [1.54, 1.807) is 0 Å². The van der Waals surface area contributed by atoms with Crippen LogP contribution in [0.5, 0.6) is 0 Å². The summed E-state index contributed by atoms with van der Waals surface area (Å²) in [6.07, 6.45) is -5.47. The molecule has 0 aliphatic heterocycles. The van der Waals surface area contributed by atoms with Gasteiger partial charge < -0.3 is 21.1 Å². The fraction of sp³-hybridized carbons (Fsp3) is 0.615. The minimum atomic E-state index is -3.90. The van der Waals surface area contributed by atoms with Gasteiger partial charge in [-0.15, -0.1) is 0 Å². The second-order valence-electron chi connectivity index (χ2n) is 4.53. The highest BCUT2D eigenvalue weighted by molar-refractivity contribution is 6.45. The highest BCUT2D eigenvalue weighted by Crippen LogP contribution is 2.30. The number of nitrogens with two attached hydrogens (primary N) is 1. The molecule has 9 heteroatoms. The number of hydrogen-bond acceptors (Lipinski definition) is 9. The largest absolute Gasteiger partial charge is 0.387 e. The van der Waals surface area contributed by atoms with E-state index < -0.39 is 79.9 Å². The van der Waals surface area contributed by atoms with Gasteiger partial charge in [0.2, 0.25) is 11.4 Å². The first kappa shape index (κ1) is 13.8. The van der Waals surface area contributed by atoms with E-state index in [1.165, 1.54) is 0 Å². The molecule has 0 spiro atoms. The summed E-state index contributed by atoms with van der Waals surface area (Å²) in [5.41, 5.74) is -1.88. The van der Waals surface area contributed by atoms with Crippen molar-refractivity contribution in [2.75, 3.05) is 0 Å². The van der Waals surface area contributed by atoms with Crippen molar-refractivity contribution in [3.8, 4) is 0 Å². The maximum Gasteiger partial charge on any atom is 0.239 e. The van der Waals surface area contributed by atoms with Crippen LogP contribution in [-0.4, -0.2) is 67.6 Å². The fourth-order valence-corrected chi connectivity index (χ4v) is 1.75. The van der Waals surface area contributed by atoms with Gasteiger partial charge in [-0.2, -0.15) is 0 Å². The first-order valence-corrected chi connectivity index (χ1v) is 5.62. The van der Waals surface area contributed by atoms with Gasteiger partial charge in [0.25, 0.3) is 0 Å². The smallest absolute Gasteiger partial charge is 0.239 e. The second kappa shape index (κ2) is 6.53. The summed E-state index contributed by atoms with van der Waals surface area (Å²) in [5, 5.41) is 30.5. The molecule has 0 aliphatic rings. The van der Waals surface area contributed by atoms with Gasteiger partial charge in [0.1, 0.15) is 17.7 Å². The third kappa shape index (κ3) is 2.88. The highest BCUT2D eigenvalue weighted by Gasteiger charge is 2.65. The summed E-state index contributed by atoms with van der Waals surface area (Å²) >= 11 is 0. The van der Waals surface area contributed by atoms with E-state index in [1.807, 2.05) is 0 Å². The minimum Gasteiger partial charge on any atom is -0.387 e. The van der Waals surface area contributed by atoms with Crippen molar-refractivity contribution < 1.29 is 44.8 Å². The summed E-state index contributed by atoms with van der Waals surface area (Å²) in [7, 11) is 0. The number of carbonyl (C=O) groups is 5. The van der Waals surface area contributed by atoms with Crippen LogP contribution in [0.15, 0.2) is 0 Å². The Labute approximate surface area is 131 Å². The van der Waals surface area contributed by atoms with Crippen molar-refractivity contribution in [1.82, 2.24) is 0 Å². The van der Waals surface area contributed by atoms with E-state index in [4.69, 9.17) is 11.2 Å². The van der Waals surface area contributed by atoms with E-state index in [0.29, 0.717) is 0 Å². The Morgan fingerprint density at radius 2 is 1.55 bits per heavy atom. The van der Waals surface area contributed by atoms with Crippen molar-refractivity contribution in [2.24, 2.45) is 5.73 Å². The quantitative estimate of drug-likeness (QED) is 0.269. The monoisotopic (exact) mass is 321 g/mol. The van der Waals surface area contributed by atoms with Crippen LogP contribution in [0.25, 0.3) is 0 Å². The average molecular weight is 321 g/mol. The number of rotatable bonds is 8. The zero-order valence-electron chi connectivity index (χ0n) is 15.4. The van der Waals surface area contributed by atoms with Crippen LogP contribution in [0, 0.1) is 0 Å². The number of ketones is 5. The lowest BCUT2D eigenvalue weighted by molar-refractivity contribution is -0.177. The van der Waals surface area contributed by atoms with Crippen LogP contribution in [0.4, 0.5) is 0 Å². The molecule has 0 bridgehead atoms. The first-order chi connectivity index (χ1) is 11.9. The van der Waals surface area contributed by atoms with Crippen LogP contribution in [0.1, 0.15) is 33.1 Å². The van der Waals surface area contributed by atoms with Gasteiger partial charge in [-0.1, -0.05) is 0 Å². The molecule has 0 saturated heterocycles. The van der Waals surface area contributed by atoms with Crippen molar-refractivity contribution in [3.05, 3.63) is 0 Å². The molecule has 0 aromatic rings. The van der Waals surface area contributed by atoms with Gasteiger partial charge in [-0.25, -0.2) is 0 Å². The van der Waals surface area contributed by atoms with Crippen molar-refractivity contribution in [3.63, 3.8) is 0 Å². The molecule has 0 fully saturated rings. The second-order valence-corrected chi connectivity index (χ2v) is 4.53. The number of hydrogen-bond donors (Lipinski definition) is 4. The van der Waals surface area contributed by atoms with E-state index in [9.17, 15) is 39.3 Å². The Hall–Kier alpha value is -1.81. The number of aliphatic hydroxyl groups is 3. The van der Waals surface area contributed by atoms with Gasteiger partial charge in [0, 0.05) is 12.4 Å². The number of Topliss-reactive ketones (excluding diaryl/α,β-unsaturated/α-hetero) is 5. The first-order valence-electron chi connectivity index (χ1n) is 8.45. The molecular weight excluding hydrogens is 298 g/mol. The summed E-state index contributed by atoms with van der Waals surface area (Å²) in [5.74, 6) is -8.71. The normalized spacial score (nSPS) is 21.6. The molecule has 0 heterocycles. The van der Waals surface area contributed by atoms with Gasteiger partial charge in [-0.3, -0.25) is 24.0 Å². The van der Waals surface area contributed by atoms with E-state index >= 15 is 0 Å². The topological polar surface area (TPSA) is 172 Å². The lowest BCUT2D eigenvalue weighted by atomic mass is 9.67. The van der Waals surface area contributed by atoms with Crippen molar-refractivity contribution in [1.29, 1.82) is 0 Å². The minimum absolute atomic E-state index is 1.10. The molecule has 0 aliphatic carbocycles. The molecule has 5 N–H and O–H groups in total. The summed E-state index contributed by atoms with van der Waals surface area (Å²) < 4.78 is 27.8. The predicted octanol–water partition coefficient (Wildman–Crippen LogP) is -2.94. The van der Waals surface area contributed by atoms with Crippen LogP contribution in [0.2, 0.25) is 0 Å². The molecule has 0 aromatic heterocycles. The van der Waals surface area contributed by atoms with Crippen LogP contribution >= 0.6 is 0 Å². The summed E-state index contributed by atoms with van der Waals surface area (Å²) in [6.45, 7) is -5.12. The number of aliphatic hydroxyl groups excluding tert-OH is 2. The Balaban J connectivity index is 6.73. The molecule has 4 atom stereocenters. The zero-order valence-corrected chi connectivity index (χ0v) is 11.4. The van der Waals surface area contributed by atoms with E-state index in [0.717, 1.165) is 0 Å². The van der Waals surface area contributed by atoms with Gasteiger partial charge in [0.05, 0.1) is 0 Å². The maximum absolute atomic E-state index is 12.2. The van der Waals surface area contributed by atoms with Crippen molar-refractivity contribution in [2.45, 2.75) is 50.9 Å². The molecule has 124 valence electrons. The number of carbonyl (C=O) groups excluding carboxylic acids is 5. The van der Waals surface area contributed by atoms with Crippen LogP contribution in [0.3, 0.4) is 0 Å². The van der Waals surface area contributed by atoms with Crippen molar-refractivity contribution >= 4 is 28.9 Å². The fourth-order valence-electron chi connectivity index (χ4n) is 1.75. The molecule has 0 radical (unpaired) electrons. The Bertz CT molecular complexity index is 615. The maximum atomic E-state index is 12.2. The SMILES string of the molecule is [2H]CC(=O)C(=O)[C@@](O)(C(=O)C[2H])[C@@](N)(C(=O)C[2H])[C@H](O)C(O)C(=O)C[2H]. The average Bonchev–Trinajstić information content (AvgIpc) is 2.67. The van der Waals surface area contributed by atoms with Gasteiger partial charge in [0.15, 0.2) is 23.1 Å². The molecule has 9 nitrogen and oxygen atoms in total. The lowest BCUT2D eigenvalue weighted by Crippen LogP contribution is -2.79. The lowest BCUT2D eigenvalue weighted by Gasteiger charge is -2.43. The standard InChI is InChI=1S/C13H19NO8/c1-5(15)9(19)11(21)12(14,7(3)17)13(22,8(4)18)10(20)6(2)16/h9,11,19,21-22H,14H2,1-4H3/t9?,11-,12-,13+/m1/s1/i1D,2D,3D,4D. The molecule has 0 amide bonds. The Morgan fingerprint density at radius 1 is 1.00 bits per heavy atom. The zero-order chi connectivity index (χ0) is 20.9. The van der Waals surface area contributed by atoms with Crippen LogP contribution < -0.4 is 5.73 Å². The molecular formula is C13H19NO8. The third-order valence-corrected chi connectivity index (χ3v) is 3.14.